The topological polar surface area (TPSA) is 45.2 Å². The Morgan fingerprint density at radius 3 is 2.62 bits per heavy atom. The summed E-state index contributed by atoms with van der Waals surface area (Å²) in [6, 6.07) is 12.3. The zero-order valence-corrected chi connectivity index (χ0v) is 14.4. The average Bonchev–Trinajstić information content (AvgIpc) is 2.63. The normalized spacial score (nSPS) is 16.7. The van der Waals surface area contributed by atoms with Gasteiger partial charge in [0.05, 0.1) is 11.3 Å². The second-order valence-electron chi connectivity index (χ2n) is 6.71. The lowest BCUT2D eigenvalue weighted by Gasteiger charge is -2.30. The van der Waals surface area contributed by atoms with Crippen LogP contribution in [0.4, 0.5) is 5.69 Å². The van der Waals surface area contributed by atoms with E-state index in [1.807, 2.05) is 29.2 Å². The molecule has 0 spiro atoms. The van der Waals surface area contributed by atoms with Crippen LogP contribution in [0.25, 0.3) is 0 Å². The van der Waals surface area contributed by atoms with Gasteiger partial charge in [0.2, 0.25) is 0 Å². The van der Waals surface area contributed by atoms with E-state index in [2.05, 4.69) is 36.3 Å². The number of likely N-dealkylation sites (tertiary alicyclic amines) is 1. The molecular weight excluding hydrogens is 298 g/mol. The van der Waals surface area contributed by atoms with E-state index in [0.29, 0.717) is 11.5 Å². The minimum absolute atomic E-state index is 0.0883. The predicted octanol–water partition coefficient (Wildman–Crippen LogP) is 4.13. The molecule has 126 valence electrons. The van der Waals surface area contributed by atoms with E-state index in [9.17, 15) is 4.79 Å². The van der Waals surface area contributed by atoms with Crippen LogP contribution in [0.15, 0.2) is 48.8 Å². The molecule has 2 heterocycles. The fourth-order valence-electron chi connectivity index (χ4n) is 3.11. The molecule has 0 bridgehead atoms. The first-order chi connectivity index (χ1) is 11.6. The molecule has 3 rings (SSSR count). The zero-order chi connectivity index (χ0) is 16.9. The number of pyridine rings is 1. The van der Waals surface area contributed by atoms with Crippen molar-refractivity contribution in [3.63, 3.8) is 0 Å². The standard InChI is InChI=1S/C20H25N3O/c1-15-8-10-23(11-9-15)20(24)18-12-19(14-21-13-18)22-16(2)17-6-4-3-5-7-17/h3-7,12-16,22H,8-11H2,1-2H3. The molecule has 1 unspecified atom stereocenters. The van der Waals surface area contributed by atoms with Crippen LogP contribution in [-0.2, 0) is 0 Å². The SMILES string of the molecule is CC1CCN(C(=O)c2cncc(NC(C)c3ccccc3)c2)CC1. The molecule has 1 aromatic carbocycles. The lowest BCUT2D eigenvalue weighted by molar-refractivity contribution is 0.0697. The number of piperidine rings is 1. The van der Waals surface area contributed by atoms with Crippen molar-refractivity contribution in [1.29, 1.82) is 0 Å². The van der Waals surface area contributed by atoms with Gasteiger partial charge in [-0.1, -0.05) is 37.3 Å². The van der Waals surface area contributed by atoms with Gasteiger partial charge in [-0.25, -0.2) is 0 Å². The molecular formula is C20H25N3O. The second-order valence-corrected chi connectivity index (χ2v) is 6.71. The van der Waals surface area contributed by atoms with E-state index < -0.39 is 0 Å². The Morgan fingerprint density at radius 2 is 1.92 bits per heavy atom. The quantitative estimate of drug-likeness (QED) is 0.920. The smallest absolute Gasteiger partial charge is 0.255 e. The monoisotopic (exact) mass is 323 g/mol. The third kappa shape index (κ3) is 3.94. The molecule has 1 amide bonds. The van der Waals surface area contributed by atoms with Gasteiger partial charge in [0, 0.05) is 31.5 Å². The highest BCUT2D eigenvalue weighted by atomic mass is 16.2. The van der Waals surface area contributed by atoms with E-state index in [1.54, 1.807) is 12.4 Å². The zero-order valence-electron chi connectivity index (χ0n) is 14.4. The molecule has 2 aromatic rings. The van der Waals surface area contributed by atoms with Crippen LogP contribution >= 0.6 is 0 Å². The molecule has 1 aromatic heterocycles. The Bertz CT molecular complexity index is 678. The van der Waals surface area contributed by atoms with Gasteiger partial charge in [-0.3, -0.25) is 9.78 Å². The van der Waals surface area contributed by atoms with Crippen LogP contribution in [0.1, 0.15) is 48.7 Å². The van der Waals surface area contributed by atoms with Crippen molar-refractivity contribution >= 4 is 11.6 Å². The van der Waals surface area contributed by atoms with Crippen LogP contribution in [0.5, 0.6) is 0 Å². The number of nitrogens with one attached hydrogen (secondary N) is 1. The summed E-state index contributed by atoms with van der Waals surface area (Å²) in [6.45, 7) is 6.05. The number of benzene rings is 1. The highest BCUT2D eigenvalue weighted by Crippen LogP contribution is 2.21. The van der Waals surface area contributed by atoms with Crippen LogP contribution in [0.2, 0.25) is 0 Å². The molecule has 0 radical (unpaired) electrons. The summed E-state index contributed by atoms with van der Waals surface area (Å²) in [6.07, 6.45) is 5.61. The minimum atomic E-state index is 0.0883. The Morgan fingerprint density at radius 1 is 1.21 bits per heavy atom. The van der Waals surface area contributed by atoms with Gasteiger partial charge in [0.1, 0.15) is 0 Å². The number of carbonyl (C=O) groups excluding carboxylic acids is 1. The molecule has 1 atom stereocenters. The Hall–Kier alpha value is -2.36. The predicted molar refractivity (Wildman–Crippen MR) is 97.0 cm³/mol. The summed E-state index contributed by atoms with van der Waals surface area (Å²) in [5.74, 6) is 0.803. The largest absolute Gasteiger partial charge is 0.377 e. The fourth-order valence-corrected chi connectivity index (χ4v) is 3.11. The lowest BCUT2D eigenvalue weighted by atomic mass is 9.99. The summed E-state index contributed by atoms with van der Waals surface area (Å²) < 4.78 is 0. The number of anilines is 1. The first-order valence-corrected chi connectivity index (χ1v) is 8.69. The van der Waals surface area contributed by atoms with E-state index in [4.69, 9.17) is 0 Å². The first-order valence-electron chi connectivity index (χ1n) is 8.69. The maximum absolute atomic E-state index is 12.7. The first kappa shape index (κ1) is 16.5. The van der Waals surface area contributed by atoms with Crippen molar-refractivity contribution in [1.82, 2.24) is 9.88 Å². The molecule has 4 nitrogen and oxygen atoms in total. The molecule has 0 aliphatic carbocycles. The van der Waals surface area contributed by atoms with Crippen LogP contribution in [0, 0.1) is 5.92 Å². The number of carbonyl (C=O) groups is 1. The van der Waals surface area contributed by atoms with E-state index >= 15 is 0 Å². The van der Waals surface area contributed by atoms with Crippen LogP contribution in [-0.4, -0.2) is 28.9 Å². The van der Waals surface area contributed by atoms with Gasteiger partial charge in [-0.2, -0.15) is 0 Å². The van der Waals surface area contributed by atoms with Gasteiger partial charge in [-0.05, 0) is 37.3 Å². The molecule has 24 heavy (non-hydrogen) atoms. The molecule has 1 N–H and O–H groups in total. The van der Waals surface area contributed by atoms with Gasteiger partial charge < -0.3 is 10.2 Å². The van der Waals surface area contributed by atoms with Gasteiger partial charge in [0.15, 0.2) is 0 Å². The van der Waals surface area contributed by atoms with Gasteiger partial charge in [-0.15, -0.1) is 0 Å². The minimum Gasteiger partial charge on any atom is -0.377 e. The summed E-state index contributed by atoms with van der Waals surface area (Å²) in [7, 11) is 0. The third-order valence-corrected chi connectivity index (χ3v) is 4.74. The molecule has 1 fully saturated rings. The lowest BCUT2D eigenvalue weighted by Crippen LogP contribution is -2.37. The van der Waals surface area contributed by atoms with Crippen molar-refractivity contribution in [2.24, 2.45) is 5.92 Å². The van der Waals surface area contributed by atoms with Crippen molar-refractivity contribution in [2.75, 3.05) is 18.4 Å². The van der Waals surface area contributed by atoms with Gasteiger partial charge >= 0.3 is 0 Å². The van der Waals surface area contributed by atoms with Crippen LogP contribution < -0.4 is 5.32 Å². The number of hydrogen-bond acceptors (Lipinski definition) is 3. The summed E-state index contributed by atoms with van der Waals surface area (Å²) in [4.78, 5) is 18.9. The molecule has 1 aliphatic rings. The molecule has 4 heteroatoms. The highest BCUT2D eigenvalue weighted by Gasteiger charge is 2.21. The van der Waals surface area contributed by atoms with Crippen molar-refractivity contribution in [3.8, 4) is 0 Å². The van der Waals surface area contributed by atoms with Crippen molar-refractivity contribution < 1.29 is 4.79 Å². The molecule has 1 saturated heterocycles. The summed E-state index contributed by atoms with van der Waals surface area (Å²) in [5, 5.41) is 3.43. The number of aromatic nitrogens is 1. The fraction of sp³-hybridized carbons (Fsp3) is 0.400. The van der Waals surface area contributed by atoms with E-state index in [-0.39, 0.29) is 11.9 Å². The Labute approximate surface area is 143 Å². The third-order valence-electron chi connectivity index (χ3n) is 4.74. The highest BCUT2D eigenvalue weighted by molar-refractivity contribution is 5.94. The van der Waals surface area contributed by atoms with E-state index in [0.717, 1.165) is 31.6 Å². The number of rotatable bonds is 4. The maximum atomic E-state index is 12.7. The number of hydrogen-bond donors (Lipinski definition) is 1. The summed E-state index contributed by atoms with van der Waals surface area (Å²) in [5.41, 5.74) is 2.75. The van der Waals surface area contributed by atoms with Gasteiger partial charge in [0.25, 0.3) is 5.91 Å². The molecule has 1 aliphatic heterocycles. The van der Waals surface area contributed by atoms with Crippen LogP contribution in [0.3, 0.4) is 0 Å². The average molecular weight is 323 g/mol. The van der Waals surface area contributed by atoms with E-state index in [1.165, 1.54) is 5.56 Å². The summed E-state index contributed by atoms with van der Waals surface area (Å²) >= 11 is 0. The molecule has 0 saturated carbocycles. The number of nitrogens with zero attached hydrogens (tertiary/aromatic N) is 2. The Balaban J connectivity index is 1.69. The van der Waals surface area contributed by atoms with Crippen molar-refractivity contribution in [3.05, 3.63) is 59.9 Å². The Kier molecular flexibility index (Phi) is 5.14. The maximum Gasteiger partial charge on any atom is 0.255 e. The van der Waals surface area contributed by atoms with Crippen molar-refractivity contribution in [2.45, 2.75) is 32.7 Å². The second kappa shape index (κ2) is 7.47. The number of amides is 1.